The van der Waals surface area contributed by atoms with E-state index in [4.69, 9.17) is 14.0 Å². The third-order valence-electron chi connectivity index (χ3n) is 13.2. The molecule has 1 aromatic heterocycles. The van der Waals surface area contributed by atoms with Gasteiger partial charge >= 0.3 is 5.97 Å². The Kier molecular flexibility index (Phi) is 6.94. The number of ether oxygens (including phenoxy) is 2. The molecule has 0 radical (unpaired) electrons. The third-order valence-corrected chi connectivity index (χ3v) is 13.2. The molecular weight excluding hydrogens is 490 g/mol. The van der Waals surface area contributed by atoms with E-state index in [2.05, 4.69) is 60.5 Å². The molecule has 0 bridgehead atoms. The first-order valence-corrected chi connectivity index (χ1v) is 15.4. The molecule has 3 fully saturated rings. The van der Waals surface area contributed by atoms with E-state index in [1.54, 1.807) is 7.11 Å². The number of esters is 1. The summed E-state index contributed by atoms with van der Waals surface area (Å²) in [5.41, 5.74) is 0.628. The lowest BCUT2D eigenvalue weighted by Crippen LogP contribution is -2.61. The van der Waals surface area contributed by atoms with Gasteiger partial charge in [-0.05, 0) is 90.8 Å². The molecule has 1 aromatic rings. The van der Waals surface area contributed by atoms with E-state index >= 15 is 0 Å². The summed E-state index contributed by atoms with van der Waals surface area (Å²) in [6.45, 7) is 19.3. The number of fused-ring (bicyclic) bond motifs is 4. The number of hydrogen-bond donors (Lipinski definition) is 1. The number of carbonyl (C=O) groups is 1. The van der Waals surface area contributed by atoms with Gasteiger partial charge in [0.15, 0.2) is 6.29 Å². The second-order valence-electron chi connectivity index (χ2n) is 16.1. The average Bonchev–Trinajstić information content (AvgIpc) is 3.29. The van der Waals surface area contributed by atoms with Crippen molar-refractivity contribution in [3.8, 4) is 0 Å². The van der Waals surface area contributed by atoms with Crippen molar-refractivity contribution in [2.45, 2.75) is 125 Å². The third kappa shape index (κ3) is 4.24. The van der Waals surface area contributed by atoms with Crippen molar-refractivity contribution in [1.29, 1.82) is 0 Å². The van der Waals surface area contributed by atoms with Gasteiger partial charge in [-0.15, -0.1) is 0 Å². The van der Waals surface area contributed by atoms with Gasteiger partial charge in [0.05, 0.1) is 25.3 Å². The van der Waals surface area contributed by atoms with E-state index < -0.39 is 11.7 Å². The number of aromatic nitrogens is 1. The van der Waals surface area contributed by atoms with Crippen molar-refractivity contribution < 1.29 is 23.9 Å². The van der Waals surface area contributed by atoms with Crippen LogP contribution in [0.15, 0.2) is 10.7 Å². The van der Waals surface area contributed by atoms with Crippen LogP contribution in [0.3, 0.4) is 0 Å². The molecule has 220 valence electrons. The van der Waals surface area contributed by atoms with Gasteiger partial charge in [0, 0.05) is 17.4 Å². The summed E-state index contributed by atoms with van der Waals surface area (Å²) >= 11 is 0. The van der Waals surface area contributed by atoms with Crippen LogP contribution in [-0.4, -0.2) is 36.2 Å². The highest BCUT2D eigenvalue weighted by atomic mass is 16.6. The molecule has 1 N–H and O–H groups in total. The minimum absolute atomic E-state index is 0.0207. The van der Waals surface area contributed by atoms with Crippen LogP contribution in [0.1, 0.15) is 118 Å². The second-order valence-corrected chi connectivity index (χ2v) is 16.1. The maximum absolute atomic E-state index is 13.5. The van der Waals surface area contributed by atoms with Crippen LogP contribution in [-0.2, 0) is 26.1 Å². The Hall–Kier alpha value is -1.40. The molecule has 0 spiro atoms. The first-order chi connectivity index (χ1) is 18.0. The fourth-order valence-corrected chi connectivity index (χ4v) is 10.6. The fraction of sp³-hybridized carbons (Fsp3) is 0.879. The smallest absolute Gasteiger partial charge is 0.312 e. The molecule has 6 nitrogen and oxygen atoms in total. The van der Waals surface area contributed by atoms with E-state index in [0.717, 1.165) is 57.1 Å². The van der Waals surface area contributed by atoms with Crippen LogP contribution in [0.25, 0.3) is 0 Å². The van der Waals surface area contributed by atoms with Crippen LogP contribution in [0, 0.1) is 44.8 Å². The highest BCUT2D eigenvalue weighted by molar-refractivity contribution is 5.77. The molecule has 3 aliphatic carbocycles. The zero-order chi connectivity index (χ0) is 28.6. The van der Waals surface area contributed by atoms with Gasteiger partial charge in [-0.2, -0.15) is 0 Å². The number of methoxy groups -OCH3 is 1. The SMILES string of the molecule is COC(=O)[C@]1(CC[C@]2(C)COC(O)C[C@@H]3[C@@]4(C)Cc5cnoc5C(C)(C)[C@@H]4CC[C@]32C)CCC(C)(C)CC1C. The minimum Gasteiger partial charge on any atom is -0.469 e. The van der Waals surface area contributed by atoms with E-state index in [1.165, 1.54) is 5.56 Å². The van der Waals surface area contributed by atoms with Gasteiger partial charge in [-0.3, -0.25) is 4.79 Å². The summed E-state index contributed by atoms with van der Waals surface area (Å²) in [6.07, 6.45) is 9.51. The summed E-state index contributed by atoms with van der Waals surface area (Å²) in [7, 11) is 1.55. The quantitative estimate of drug-likeness (QED) is 0.409. The van der Waals surface area contributed by atoms with Crippen LogP contribution in [0.2, 0.25) is 0 Å². The lowest BCUT2D eigenvalue weighted by Gasteiger charge is -2.65. The van der Waals surface area contributed by atoms with Gasteiger partial charge in [0.25, 0.3) is 0 Å². The Morgan fingerprint density at radius 2 is 1.79 bits per heavy atom. The van der Waals surface area contributed by atoms with E-state index in [-0.39, 0.29) is 44.9 Å². The van der Waals surface area contributed by atoms with Gasteiger partial charge in [0.2, 0.25) is 0 Å². The standard InChI is InChI=1S/C33H53NO5/c1-21-17-28(2,3)12-14-33(21,27(36)37-9)15-13-30(6)20-38-25(35)16-24-31(7)18-22-19-34-39-26(22)29(4,5)23(31)10-11-32(24,30)8/h19,21,23-25,35H,10-18,20H2,1-9H3/t21?,23-,24+,25?,30+,31-,32+,33-/m0/s1. The van der Waals surface area contributed by atoms with Crippen molar-refractivity contribution >= 4 is 5.97 Å². The number of rotatable bonds is 4. The van der Waals surface area contributed by atoms with Crippen LogP contribution in [0.5, 0.6) is 0 Å². The van der Waals surface area contributed by atoms with E-state index in [9.17, 15) is 9.90 Å². The molecule has 1 saturated heterocycles. The largest absolute Gasteiger partial charge is 0.469 e. The normalized spacial score (nSPS) is 44.9. The predicted molar refractivity (Wildman–Crippen MR) is 151 cm³/mol. The zero-order valence-corrected chi connectivity index (χ0v) is 26.0. The van der Waals surface area contributed by atoms with Crippen LogP contribution < -0.4 is 0 Å². The summed E-state index contributed by atoms with van der Waals surface area (Å²) in [4.78, 5) is 13.5. The minimum atomic E-state index is -0.775. The molecule has 0 aromatic carbocycles. The van der Waals surface area contributed by atoms with Crippen molar-refractivity contribution in [3.63, 3.8) is 0 Å². The molecule has 6 heteroatoms. The lowest BCUT2D eigenvalue weighted by atomic mass is 9.39. The fourth-order valence-electron chi connectivity index (χ4n) is 10.6. The zero-order valence-electron chi connectivity index (χ0n) is 26.0. The number of nitrogens with zero attached hydrogens (tertiary/aromatic N) is 1. The molecule has 2 unspecified atom stereocenters. The predicted octanol–water partition coefficient (Wildman–Crippen LogP) is 7.08. The maximum atomic E-state index is 13.5. The van der Waals surface area contributed by atoms with Crippen LogP contribution in [0.4, 0.5) is 0 Å². The Balaban J connectivity index is 1.51. The Morgan fingerprint density at radius 1 is 1.08 bits per heavy atom. The number of hydrogen-bond acceptors (Lipinski definition) is 6. The molecule has 39 heavy (non-hydrogen) atoms. The first-order valence-electron chi connectivity index (χ1n) is 15.4. The van der Waals surface area contributed by atoms with Crippen molar-refractivity contribution in [3.05, 3.63) is 17.5 Å². The molecular formula is C33H53NO5. The second kappa shape index (κ2) is 9.31. The Labute approximate surface area is 236 Å². The van der Waals surface area contributed by atoms with E-state index in [0.29, 0.717) is 18.9 Å². The summed E-state index contributed by atoms with van der Waals surface area (Å²) in [5, 5.41) is 15.3. The maximum Gasteiger partial charge on any atom is 0.312 e. The highest BCUT2D eigenvalue weighted by Gasteiger charge is 2.66. The van der Waals surface area contributed by atoms with E-state index in [1.807, 2.05) is 6.20 Å². The highest BCUT2D eigenvalue weighted by Crippen LogP contribution is 2.70. The van der Waals surface area contributed by atoms with Gasteiger partial charge in [-0.1, -0.05) is 60.5 Å². The molecule has 5 rings (SSSR count). The summed E-state index contributed by atoms with van der Waals surface area (Å²) in [5.74, 6) is 1.95. The Morgan fingerprint density at radius 3 is 2.46 bits per heavy atom. The van der Waals surface area contributed by atoms with Crippen molar-refractivity contribution in [1.82, 2.24) is 5.16 Å². The molecule has 0 amide bonds. The molecule has 4 aliphatic rings. The number of aliphatic hydroxyl groups is 1. The average molecular weight is 544 g/mol. The molecule has 8 atom stereocenters. The molecule has 2 heterocycles. The van der Waals surface area contributed by atoms with Gasteiger partial charge in [0.1, 0.15) is 5.76 Å². The van der Waals surface area contributed by atoms with Gasteiger partial charge < -0.3 is 19.1 Å². The summed E-state index contributed by atoms with van der Waals surface area (Å²) < 4.78 is 17.5. The topological polar surface area (TPSA) is 81.8 Å². The monoisotopic (exact) mass is 543 g/mol. The van der Waals surface area contributed by atoms with Crippen LogP contribution >= 0.6 is 0 Å². The first kappa shape index (κ1) is 29.1. The molecule has 2 saturated carbocycles. The number of aliphatic hydroxyl groups excluding tert-OH is 1. The Bertz CT molecular complexity index is 1090. The summed E-state index contributed by atoms with van der Waals surface area (Å²) in [6, 6.07) is 0. The van der Waals surface area contributed by atoms with Crippen molar-refractivity contribution in [2.75, 3.05) is 13.7 Å². The number of carbonyl (C=O) groups excluding carboxylic acids is 1. The lowest BCUT2D eigenvalue weighted by molar-refractivity contribution is -0.168. The van der Waals surface area contributed by atoms with Crippen molar-refractivity contribution in [2.24, 2.45) is 44.8 Å². The van der Waals surface area contributed by atoms with Gasteiger partial charge in [-0.25, -0.2) is 0 Å². The molecule has 1 aliphatic heterocycles.